The van der Waals surface area contributed by atoms with E-state index in [1.807, 2.05) is 47.1 Å². The third-order valence-corrected chi connectivity index (χ3v) is 6.68. The van der Waals surface area contributed by atoms with Crippen LogP contribution in [0.1, 0.15) is 75.3 Å². The van der Waals surface area contributed by atoms with E-state index in [4.69, 9.17) is 14.7 Å². The maximum Gasteiger partial charge on any atom is 2.00 e. The van der Waals surface area contributed by atoms with E-state index in [1.54, 1.807) is 6.92 Å². The molecule has 1 aromatic rings. The SMILES string of the molecule is CCOC(=O)c1[n-]c(C=C2N=C([CH-]C3=NC(C)(C#N)C(C)(C)C3)C(C)=C2C)c(C)c1C.[Ni+2]. The third kappa shape index (κ3) is 4.34. The number of aromatic nitrogens is 1. The largest absolute Gasteiger partial charge is 2.00 e. The number of hydrogen-bond acceptors (Lipinski definition) is 5. The van der Waals surface area contributed by atoms with Crippen molar-refractivity contribution in [3.05, 3.63) is 45.8 Å². The van der Waals surface area contributed by atoms with Gasteiger partial charge in [0.05, 0.1) is 12.7 Å². The van der Waals surface area contributed by atoms with Crippen molar-refractivity contribution in [1.82, 2.24) is 4.98 Å². The molecule has 0 amide bonds. The van der Waals surface area contributed by atoms with Crippen molar-refractivity contribution in [3.8, 4) is 6.07 Å². The van der Waals surface area contributed by atoms with E-state index < -0.39 is 11.5 Å². The number of carbonyl (C=O) groups excluding carboxylic acids is 1. The first-order chi connectivity index (χ1) is 14.4. The molecule has 1 unspecified atom stereocenters. The summed E-state index contributed by atoms with van der Waals surface area (Å²) in [5.74, 6) is -0.400. The van der Waals surface area contributed by atoms with Gasteiger partial charge in [0.25, 0.3) is 0 Å². The van der Waals surface area contributed by atoms with E-state index in [-0.39, 0.29) is 21.9 Å². The Bertz CT molecular complexity index is 1110. The van der Waals surface area contributed by atoms with Crippen molar-refractivity contribution >= 4 is 23.5 Å². The number of rotatable bonds is 5. The van der Waals surface area contributed by atoms with Crippen molar-refractivity contribution in [2.24, 2.45) is 15.4 Å². The van der Waals surface area contributed by atoms with Gasteiger partial charge in [-0.2, -0.15) is 17.3 Å². The van der Waals surface area contributed by atoms with Gasteiger partial charge in [0.15, 0.2) is 0 Å². The van der Waals surface area contributed by atoms with Crippen LogP contribution >= 0.6 is 0 Å². The first-order valence-corrected chi connectivity index (χ1v) is 10.6. The molecule has 1 aromatic heterocycles. The van der Waals surface area contributed by atoms with Crippen molar-refractivity contribution in [1.29, 1.82) is 5.26 Å². The Kier molecular flexibility index (Phi) is 7.32. The van der Waals surface area contributed by atoms with Gasteiger partial charge in [-0.1, -0.05) is 43.7 Å². The Morgan fingerprint density at radius 2 is 1.88 bits per heavy atom. The number of nitrogens with zero attached hydrogens (tertiary/aromatic N) is 4. The van der Waals surface area contributed by atoms with E-state index in [0.29, 0.717) is 12.3 Å². The van der Waals surface area contributed by atoms with Crippen LogP contribution in [-0.4, -0.2) is 29.5 Å². The number of ether oxygens (including phenoxy) is 1. The molecule has 0 saturated heterocycles. The fraction of sp³-hybridized carbons (Fsp3) is 0.480. The number of carbonyl (C=O) groups is 1. The van der Waals surface area contributed by atoms with Crippen LogP contribution in [-0.2, 0) is 21.2 Å². The van der Waals surface area contributed by atoms with Gasteiger partial charge in [0, 0.05) is 11.1 Å². The molecule has 7 heteroatoms. The van der Waals surface area contributed by atoms with Crippen LogP contribution in [0.2, 0.25) is 0 Å². The monoisotopic (exact) mass is 476 g/mol. The van der Waals surface area contributed by atoms with Crippen LogP contribution in [0.15, 0.2) is 26.8 Å². The molecule has 3 rings (SSSR count). The van der Waals surface area contributed by atoms with Crippen molar-refractivity contribution in [2.75, 3.05) is 6.61 Å². The van der Waals surface area contributed by atoms with E-state index in [0.717, 1.165) is 51.5 Å². The van der Waals surface area contributed by atoms with Crippen molar-refractivity contribution in [3.63, 3.8) is 0 Å². The van der Waals surface area contributed by atoms with Crippen LogP contribution in [0.4, 0.5) is 0 Å². The average Bonchev–Trinajstić information content (AvgIpc) is 3.22. The van der Waals surface area contributed by atoms with E-state index in [9.17, 15) is 10.1 Å². The third-order valence-electron chi connectivity index (χ3n) is 6.68. The number of aliphatic imine (C=N–C) groups is 2. The molecule has 0 bridgehead atoms. The van der Waals surface area contributed by atoms with E-state index in [1.165, 1.54) is 0 Å². The van der Waals surface area contributed by atoms with E-state index >= 15 is 0 Å². The normalized spacial score (nSPS) is 22.9. The van der Waals surface area contributed by atoms with Gasteiger partial charge in [-0.3, -0.25) is 9.98 Å². The molecule has 6 nitrogen and oxygen atoms in total. The van der Waals surface area contributed by atoms with Gasteiger partial charge in [0.1, 0.15) is 5.54 Å². The second kappa shape index (κ2) is 9.12. The van der Waals surface area contributed by atoms with Crippen LogP contribution in [0.3, 0.4) is 0 Å². The predicted molar refractivity (Wildman–Crippen MR) is 123 cm³/mol. The molecule has 0 N–H and O–H groups in total. The molecule has 0 spiro atoms. The molecular formula is C25H30N4NiO2. The summed E-state index contributed by atoms with van der Waals surface area (Å²) >= 11 is 0. The Balaban J connectivity index is 0.00000363. The van der Waals surface area contributed by atoms with Crippen LogP contribution < -0.4 is 4.98 Å². The topological polar surface area (TPSA) is 88.9 Å². The van der Waals surface area contributed by atoms with Gasteiger partial charge in [0.2, 0.25) is 0 Å². The first-order valence-electron chi connectivity index (χ1n) is 10.6. The molecule has 2 aliphatic rings. The second-order valence-corrected chi connectivity index (χ2v) is 9.08. The minimum absolute atomic E-state index is 0. The maximum absolute atomic E-state index is 12.2. The molecule has 2 aliphatic heterocycles. The molecule has 3 heterocycles. The first kappa shape index (κ1) is 25.7. The Labute approximate surface area is 200 Å². The molecule has 0 aromatic carbocycles. The standard InChI is InChI=1S/C25H31N4O2.Ni/c1-9-31-23(30)22-17(5)16(4)21(28-22)11-20-15(3)14(2)19(27-20)10-18-12-24(6,7)25(8,13-26)29-18;/h10-11H,9,12H2,1-8H3,(H,27,28,30);/q-1;+2/p-1. The van der Waals surface area contributed by atoms with Crippen molar-refractivity contribution < 1.29 is 26.0 Å². The number of esters is 1. The Morgan fingerprint density at radius 3 is 2.44 bits per heavy atom. The molecule has 0 radical (unpaired) electrons. The zero-order chi connectivity index (χ0) is 23.1. The zero-order valence-electron chi connectivity index (χ0n) is 20.0. The maximum atomic E-state index is 12.2. The van der Waals surface area contributed by atoms with Gasteiger partial charge in [-0.15, -0.1) is 18.2 Å². The predicted octanol–water partition coefficient (Wildman–Crippen LogP) is 4.92. The minimum atomic E-state index is -0.735. The number of nitriles is 1. The minimum Gasteiger partial charge on any atom is -0.651 e. The van der Waals surface area contributed by atoms with E-state index in [2.05, 4.69) is 24.9 Å². The molecule has 32 heavy (non-hydrogen) atoms. The molecule has 0 saturated carbocycles. The van der Waals surface area contributed by atoms with Crippen LogP contribution in [0.5, 0.6) is 0 Å². The van der Waals surface area contributed by atoms with Gasteiger partial charge < -0.3 is 9.72 Å². The van der Waals surface area contributed by atoms with Gasteiger partial charge >= 0.3 is 22.5 Å². The fourth-order valence-electron chi connectivity index (χ4n) is 3.81. The summed E-state index contributed by atoms with van der Waals surface area (Å²) < 4.78 is 5.12. The summed E-state index contributed by atoms with van der Waals surface area (Å²) in [5, 5.41) is 9.60. The Hall–Kier alpha value is -2.58. The average molecular weight is 477 g/mol. The molecule has 172 valence electrons. The summed E-state index contributed by atoms with van der Waals surface area (Å²) in [6.07, 6.45) is 4.64. The summed E-state index contributed by atoms with van der Waals surface area (Å²) in [4.78, 5) is 26.2. The molecule has 0 fully saturated rings. The van der Waals surface area contributed by atoms with Crippen LogP contribution in [0.25, 0.3) is 6.08 Å². The summed E-state index contributed by atoms with van der Waals surface area (Å²) in [6, 6.07) is 2.36. The zero-order valence-corrected chi connectivity index (χ0v) is 21.0. The fourth-order valence-corrected chi connectivity index (χ4v) is 3.81. The summed E-state index contributed by atoms with van der Waals surface area (Å²) in [5.41, 5.74) is 6.60. The van der Waals surface area contributed by atoms with Crippen molar-refractivity contribution in [2.45, 2.75) is 67.3 Å². The van der Waals surface area contributed by atoms with Gasteiger partial charge in [-0.05, 0) is 45.5 Å². The second-order valence-electron chi connectivity index (χ2n) is 9.08. The molecule has 0 aliphatic carbocycles. The summed E-state index contributed by atoms with van der Waals surface area (Å²) in [7, 11) is 0. The summed E-state index contributed by atoms with van der Waals surface area (Å²) in [6.45, 7) is 16.0. The van der Waals surface area contributed by atoms with Crippen LogP contribution in [0, 0.1) is 37.0 Å². The quantitative estimate of drug-likeness (QED) is 0.342. The smallest absolute Gasteiger partial charge is 0.651 e. The molecule has 1 atom stereocenters. The van der Waals surface area contributed by atoms with Gasteiger partial charge in [-0.25, -0.2) is 4.79 Å². The number of hydrogen-bond donors (Lipinski definition) is 0. The number of allylic oxidation sites excluding steroid dienone is 2. The Morgan fingerprint density at radius 1 is 1.22 bits per heavy atom. The molecular weight excluding hydrogens is 447 g/mol.